The minimum absolute atomic E-state index is 0.206. The molecule has 122 valence electrons. The summed E-state index contributed by atoms with van der Waals surface area (Å²) in [5, 5.41) is 6.53. The average Bonchev–Trinajstić information content (AvgIpc) is 3.03. The third-order valence-corrected chi connectivity index (χ3v) is 3.37. The lowest BCUT2D eigenvalue weighted by Gasteiger charge is -2.18. The van der Waals surface area contributed by atoms with E-state index in [9.17, 15) is 4.79 Å². The molecule has 0 bridgehead atoms. The summed E-state index contributed by atoms with van der Waals surface area (Å²) in [5.41, 5.74) is 2.22. The van der Waals surface area contributed by atoms with E-state index in [0.29, 0.717) is 29.6 Å². The molecular weight excluding hydrogens is 306 g/mol. The fourth-order valence-electron chi connectivity index (χ4n) is 2.14. The van der Waals surface area contributed by atoms with E-state index in [1.807, 2.05) is 30.3 Å². The fraction of sp³-hybridized carbons (Fsp3) is 0.176. The molecule has 0 fully saturated rings. The predicted octanol–water partition coefficient (Wildman–Crippen LogP) is 3.10. The molecule has 0 aliphatic heterocycles. The molecule has 1 N–H and O–H groups in total. The lowest BCUT2D eigenvalue weighted by molar-refractivity contribution is 0.220. The van der Waals surface area contributed by atoms with Crippen molar-refractivity contribution in [2.75, 3.05) is 12.4 Å². The Balaban J connectivity index is 1.62. The van der Waals surface area contributed by atoms with Gasteiger partial charge in [0.2, 0.25) is 0 Å². The number of urea groups is 1. The molecule has 24 heavy (non-hydrogen) atoms. The van der Waals surface area contributed by atoms with E-state index in [2.05, 4.69) is 20.4 Å². The van der Waals surface area contributed by atoms with Crippen molar-refractivity contribution >= 4 is 11.7 Å². The molecule has 0 saturated carbocycles. The first kappa shape index (κ1) is 15.7. The van der Waals surface area contributed by atoms with Crippen LogP contribution in [0.4, 0.5) is 10.5 Å². The highest BCUT2D eigenvalue weighted by molar-refractivity contribution is 5.89. The molecule has 0 atom stereocenters. The van der Waals surface area contributed by atoms with Crippen molar-refractivity contribution in [3.63, 3.8) is 0 Å². The van der Waals surface area contributed by atoms with Gasteiger partial charge in [0.1, 0.15) is 5.69 Å². The highest BCUT2D eigenvalue weighted by Gasteiger charge is 2.11. The largest absolute Gasteiger partial charge is 0.332 e. The number of benzene rings is 1. The van der Waals surface area contributed by atoms with Crippen LogP contribution in [0.1, 0.15) is 11.4 Å². The van der Waals surface area contributed by atoms with Crippen LogP contribution >= 0.6 is 0 Å². The number of carbonyl (C=O) groups is 1. The van der Waals surface area contributed by atoms with Crippen LogP contribution in [0.5, 0.6) is 0 Å². The summed E-state index contributed by atoms with van der Waals surface area (Å²) in [6.45, 7) is 2.27. The van der Waals surface area contributed by atoms with Gasteiger partial charge in [-0.3, -0.25) is 0 Å². The number of hydrogen-bond acceptors (Lipinski definition) is 5. The number of amides is 2. The van der Waals surface area contributed by atoms with Crippen molar-refractivity contribution in [3.8, 4) is 11.6 Å². The first-order chi connectivity index (χ1) is 11.6. The monoisotopic (exact) mass is 323 g/mol. The highest BCUT2D eigenvalue weighted by atomic mass is 16.5. The number of nitrogens with one attached hydrogen (secondary N) is 1. The molecule has 2 heterocycles. The summed E-state index contributed by atoms with van der Waals surface area (Å²) < 4.78 is 5.06. The molecular formula is C17H17N5O2. The Morgan fingerprint density at radius 2 is 2.00 bits per heavy atom. The normalized spacial score (nSPS) is 10.4. The van der Waals surface area contributed by atoms with E-state index in [1.54, 1.807) is 37.2 Å². The second-order valence-corrected chi connectivity index (χ2v) is 5.35. The quantitative estimate of drug-likeness (QED) is 0.797. The Hall–Kier alpha value is -3.22. The molecule has 1 aromatic carbocycles. The van der Waals surface area contributed by atoms with Crippen molar-refractivity contribution in [1.82, 2.24) is 20.0 Å². The van der Waals surface area contributed by atoms with E-state index in [1.165, 1.54) is 0 Å². The molecule has 7 heteroatoms. The lowest BCUT2D eigenvalue weighted by Crippen LogP contribution is -2.30. The molecule has 0 saturated heterocycles. The van der Waals surface area contributed by atoms with Gasteiger partial charge < -0.3 is 14.7 Å². The summed E-state index contributed by atoms with van der Waals surface area (Å²) in [6, 6.07) is 13.1. The van der Waals surface area contributed by atoms with Gasteiger partial charge in [-0.2, -0.15) is 4.98 Å². The van der Waals surface area contributed by atoms with E-state index in [4.69, 9.17) is 4.52 Å². The molecule has 0 radical (unpaired) electrons. The molecule has 3 rings (SSSR count). The van der Waals surface area contributed by atoms with Crippen LogP contribution in [-0.2, 0) is 6.54 Å². The molecule has 7 nitrogen and oxygen atoms in total. The maximum Gasteiger partial charge on any atom is 0.321 e. The Bertz CT molecular complexity index is 815. The molecule has 2 aromatic heterocycles. The average molecular weight is 323 g/mol. The van der Waals surface area contributed by atoms with E-state index in [0.717, 1.165) is 5.56 Å². The predicted molar refractivity (Wildman–Crippen MR) is 89.2 cm³/mol. The zero-order chi connectivity index (χ0) is 16.9. The Labute approximate surface area is 139 Å². The second-order valence-electron chi connectivity index (χ2n) is 5.35. The zero-order valence-electron chi connectivity index (χ0n) is 13.4. The number of pyridine rings is 1. The van der Waals surface area contributed by atoms with Gasteiger partial charge in [0.05, 0.1) is 11.9 Å². The minimum Gasteiger partial charge on any atom is -0.332 e. The number of aryl methyl sites for hydroxylation is 1. The van der Waals surface area contributed by atoms with Gasteiger partial charge in [-0.25, -0.2) is 9.78 Å². The van der Waals surface area contributed by atoms with Crippen LogP contribution in [0.25, 0.3) is 11.6 Å². The van der Waals surface area contributed by atoms with Gasteiger partial charge in [-0.15, -0.1) is 0 Å². The van der Waals surface area contributed by atoms with E-state index >= 15 is 0 Å². The van der Waals surface area contributed by atoms with E-state index in [-0.39, 0.29) is 6.03 Å². The first-order valence-corrected chi connectivity index (χ1v) is 7.44. The number of nitrogens with zero attached hydrogens (tertiary/aromatic N) is 4. The van der Waals surface area contributed by atoms with Gasteiger partial charge >= 0.3 is 6.03 Å². The summed E-state index contributed by atoms with van der Waals surface area (Å²) in [6.07, 6.45) is 1.56. The molecule has 0 aliphatic carbocycles. The van der Waals surface area contributed by atoms with Crippen LogP contribution in [-0.4, -0.2) is 33.1 Å². The topological polar surface area (TPSA) is 84.2 Å². The van der Waals surface area contributed by atoms with Crippen LogP contribution in [0, 0.1) is 6.92 Å². The fourth-order valence-corrected chi connectivity index (χ4v) is 2.14. The highest BCUT2D eigenvalue weighted by Crippen LogP contribution is 2.16. The maximum atomic E-state index is 12.2. The van der Waals surface area contributed by atoms with Crippen molar-refractivity contribution in [2.45, 2.75) is 13.5 Å². The van der Waals surface area contributed by atoms with Crippen molar-refractivity contribution in [2.24, 2.45) is 0 Å². The van der Waals surface area contributed by atoms with Crippen molar-refractivity contribution in [3.05, 3.63) is 60.0 Å². The number of hydrogen-bond donors (Lipinski definition) is 1. The van der Waals surface area contributed by atoms with Crippen molar-refractivity contribution < 1.29 is 9.32 Å². The lowest BCUT2D eigenvalue weighted by atomic mass is 10.2. The molecule has 3 aromatic rings. The SMILES string of the molecule is Cc1noc(-c2ccc(NC(=O)N(C)Cc3ccccc3)cn2)n1. The molecule has 0 spiro atoms. The summed E-state index contributed by atoms with van der Waals surface area (Å²) >= 11 is 0. The number of rotatable bonds is 4. The maximum absolute atomic E-state index is 12.2. The Morgan fingerprint density at radius 3 is 2.62 bits per heavy atom. The van der Waals surface area contributed by atoms with Gasteiger partial charge in [0.15, 0.2) is 5.82 Å². The number of aromatic nitrogens is 3. The van der Waals surface area contributed by atoms with Gasteiger partial charge in [-0.1, -0.05) is 35.5 Å². The number of anilines is 1. The van der Waals surface area contributed by atoms with Crippen LogP contribution in [0.15, 0.2) is 53.2 Å². The standard InChI is InChI=1S/C17H17N5O2/c1-12-19-16(24-21-12)15-9-8-14(10-18-15)20-17(23)22(2)11-13-6-4-3-5-7-13/h3-10H,11H2,1-2H3,(H,20,23). The number of carbonyl (C=O) groups excluding carboxylic acids is 1. The molecule has 0 aliphatic rings. The summed E-state index contributed by atoms with van der Waals surface area (Å²) in [4.78, 5) is 22.2. The first-order valence-electron chi connectivity index (χ1n) is 7.44. The van der Waals surface area contributed by atoms with Crippen LogP contribution in [0.2, 0.25) is 0 Å². The van der Waals surface area contributed by atoms with Gasteiger partial charge in [-0.05, 0) is 24.6 Å². The van der Waals surface area contributed by atoms with Crippen molar-refractivity contribution in [1.29, 1.82) is 0 Å². The van der Waals surface area contributed by atoms with Gasteiger partial charge in [0, 0.05) is 13.6 Å². The van der Waals surface area contributed by atoms with Crippen LogP contribution in [0.3, 0.4) is 0 Å². The second kappa shape index (κ2) is 6.91. The van der Waals surface area contributed by atoms with E-state index < -0.39 is 0 Å². The Kier molecular flexibility index (Phi) is 4.51. The zero-order valence-corrected chi connectivity index (χ0v) is 13.4. The summed E-state index contributed by atoms with van der Waals surface area (Å²) in [7, 11) is 1.74. The molecule has 0 unspecified atom stereocenters. The Morgan fingerprint density at radius 1 is 1.21 bits per heavy atom. The summed E-state index contributed by atoms with van der Waals surface area (Å²) in [5.74, 6) is 0.901. The smallest absolute Gasteiger partial charge is 0.321 e. The van der Waals surface area contributed by atoms with Gasteiger partial charge in [0.25, 0.3) is 5.89 Å². The third kappa shape index (κ3) is 3.75. The molecule has 2 amide bonds. The third-order valence-electron chi connectivity index (χ3n) is 3.37. The van der Waals surface area contributed by atoms with Crippen LogP contribution < -0.4 is 5.32 Å². The minimum atomic E-state index is -0.206.